The quantitative estimate of drug-likeness (QED) is 0.516. The Bertz CT molecular complexity index is 389. The van der Waals surface area contributed by atoms with Gasteiger partial charge in [0.15, 0.2) is 6.17 Å². The highest BCUT2D eigenvalue weighted by Gasteiger charge is 2.46. The summed E-state index contributed by atoms with van der Waals surface area (Å²) in [5, 5.41) is 0. The van der Waals surface area contributed by atoms with Gasteiger partial charge in [0.1, 0.15) is 12.3 Å². The van der Waals surface area contributed by atoms with Crippen LogP contribution in [0.4, 0.5) is 13.2 Å². The summed E-state index contributed by atoms with van der Waals surface area (Å²) in [5.74, 6) is 0.830. The maximum atomic E-state index is 14.9. The molecule has 0 aromatic rings. The minimum atomic E-state index is -1.56. The molecule has 0 bridgehead atoms. The number of ether oxygens (including phenoxy) is 1. The first-order valence-electron chi connectivity index (χ1n) is 10.3. The SMILES string of the molecule is CCC(CCC(C)C)C1CCC(C2CCC(OC)C(F)C2F)CC1F. The van der Waals surface area contributed by atoms with E-state index in [9.17, 15) is 13.2 Å². The van der Waals surface area contributed by atoms with Crippen LogP contribution in [-0.2, 0) is 4.74 Å². The van der Waals surface area contributed by atoms with E-state index < -0.39 is 24.6 Å². The maximum Gasteiger partial charge on any atom is 0.157 e. The molecule has 1 nitrogen and oxygen atoms in total. The normalized spacial score (nSPS) is 41.0. The molecule has 0 aliphatic heterocycles. The van der Waals surface area contributed by atoms with E-state index in [2.05, 4.69) is 20.8 Å². The van der Waals surface area contributed by atoms with Crippen molar-refractivity contribution in [1.29, 1.82) is 0 Å². The van der Waals surface area contributed by atoms with Crippen LogP contribution in [0.3, 0.4) is 0 Å². The number of rotatable bonds is 7. The standard InChI is InChI=1S/C21H37F3O/c1-5-14(7-6-13(2)3)16-9-8-15(12-18(16)22)17-10-11-19(25-4)21(24)20(17)23/h13-21H,5-12H2,1-4H3. The van der Waals surface area contributed by atoms with E-state index in [1.54, 1.807) is 0 Å². The van der Waals surface area contributed by atoms with E-state index in [0.29, 0.717) is 31.1 Å². The van der Waals surface area contributed by atoms with Crippen molar-refractivity contribution in [3.63, 3.8) is 0 Å². The Morgan fingerprint density at radius 1 is 0.960 bits per heavy atom. The molecule has 0 amide bonds. The molecule has 0 N–H and O–H groups in total. The Labute approximate surface area is 152 Å². The summed E-state index contributed by atoms with van der Waals surface area (Å²) in [6.07, 6.45) is 1.93. The van der Waals surface area contributed by atoms with Gasteiger partial charge in [0.25, 0.3) is 0 Å². The Kier molecular flexibility index (Phi) is 8.10. The Hall–Kier alpha value is -0.250. The monoisotopic (exact) mass is 362 g/mol. The maximum absolute atomic E-state index is 14.9. The zero-order valence-electron chi connectivity index (χ0n) is 16.4. The van der Waals surface area contributed by atoms with E-state index in [4.69, 9.17) is 4.74 Å². The third-order valence-corrected chi connectivity index (χ3v) is 6.87. The van der Waals surface area contributed by atoms with Crippen molar-refractivity contribution >= 4 is 0 Å². The molecule has 0 aromatic carbocycles. The average Bonchev–Trinajstić information content (AvgIpc) is 2.58. The van der Waals surface area contributed by atoms with Gasteiger partial charge >= 0.3 is 0 Å². The van der Waals surface area contributed by atoms with Crippen LogP contribution in [-0.4, -0.2) is 31.7 Å². The molecule has 0 spiro atoms. The van der Waals surface area contributed by atoms with Gasteiger partial charge in [-0.25, -0.2) is 13.2 Å². The molecular weight excluding hydrogens is 325 g/mol. The Morgan fingerprint density at radius 3 is 2.24 bits per heavy atom. The van der Waals surface area contributed by atoms with Gasteiger partial charge < -0.3 is 4.74 Å². The second-order valence-corrected chi connectivity index (χ2v) is 8.80. The van der Waals surface area contributed by atoms with E-state index >= 15 is 0 Å². The van der Waals surface area contributed by atoms with Crippen LogP contribution in [0.5, 0.6) is 0 Å². The van der Waals surface area contributed by atoms with Crippen molar-refractivity contribution in [2.45, 2.75) is 96.8 Å². The Balaban J connectivity index is 1.92. The summed E-state index contributed by atoms with van der Waals surface area (Å²) in [7, 11) is 1.44. The highest BCUT2D eigenvalue weighted by Crippen LogP contribution is 2.46. The van der Waals surface area contributed by atoms with Crippen LogP contribution in [0, 0.1) is 29.6 Å². The molecule has 0 aromatic heterocycles. The van der Waals surface area contributed by atoms with Crippen molar-refractivity contribution in [2.75, 3.05) is 7.11 Å². The molecule has 8 atom stereocenters. The lowest BCUT2D eigenvalue weighted by molar-refractivity contribution is -0.0779. The molecule has 0 saturated heterocycles. The van der Waals surface area contributed by atoms with Crippen molar-refractivity contribution in [3.8, 4) is 0 Å². The van der Waals surface area contributed by atoms with Gasteiger partial charge in [0.05, 0.1) is 6.10 Å². The van der Waals surface area contributed by atoms with E-state index in [1.807, 2.05) is 0 Å². The first-order chi connectivity index (χ1) is 11.9. The lowest BCUT2D eigenvalue weighted by atomic mass is 9.66. The van der Waals surface area contributed by atoms with E-state index in [1.165, 1.54) is 7.11 Å². The zero-order chi connectivity index (χ0) is 18.6. The lowest BCUT2D eigenvalue weighted by Gasteiger charge is -2.43. The van der Waals surface area contributed by atoms with Crippen LogP contribution in [0.1, 0.15) is 72.1 Å². The summed E-state index contributed by atoms with van der Waals surface area (Å²) in [4.78, 5) is 0. The van der Waals surface area contributed by atoms with Crippen LogP contribution < -0.4 is 0 Å². The van der Waals surface area contributed by atoms with Crippen molar-refractivity contribution in [1.82, 2.24) is 0 Å². The first-order valence-corrected chi connectivity index (χ1v) is 10.3. The highest BCUT2D eigenvalue weighted by molar-refractivity contribution is 4.95. The fourth-order valence-corrected chi connectivity index (χ4v) is 5.22. The number of methoxy groups -OCH3 is 1. The Morgan fingerprint density at radius 2 is 1.68 bits per heavy atom. The minimum Gasteiger partial charge on any atom is -0.378 e. The average molecular weight is 363 g/mol. The molecule has 2 rings (SSSR count). The van der Waals surface area contributed by atoms with Crippen LogP contribution >= 0.6 is 0 Å². The van der Waals surface area contributed by atoms with Gasteiger partial charge in [0, 0.05) is 7.11 Å². The van der Waals surface area contributed by atoms with Crippen LogP contribution in [0.25, 0.3) is 0 Å². The summed E-state index contributed by atoms with van der Waals surface area (Å²) >= 11 is 0. The molecule has 2 aliphatic rings. The van der Waals surface area contributed by atoms with Gasteiger partial charge in [-0.05, 0) is 68.1 Å². The fourth-order valence-electron chi connectivity index (χ4n) is 5.22. The largest absolute Gasteiger partial charge is 0.378 e. The summed E-state index contributed by atoms with van der Waals surface area (Å²) in [6.45, 7) is 6.57. The highest BCUT2D eigenvalue weighted by atomic mass is 19.2. The molecule has 25 heavy (non-hydrogen) atoms. The molecule has 148 valence electrons. The van der Waals surface area contributed by atoms with Gasteiger partial charge in [-0.2, -0.15) is 0 Å². The predicted molar refractivity (Wildman–Crippen MR) is 96.9 cm³/mol. The van der Waals surface area contributed by atoms with Gasteiger partial charge in [-0.15, -0.1) is 0 Å². The summed E-state index contributed by atoms with van der Waals surface area (Å²) < 4.78 is 48.7. The number of hydrogen-bond donors (Lipinski definition) is 0. The second-order valence-electron chi connectivity index (χ2n) is 8.80. The third kappa shape index (κ3) is 5.14. The second kappa shape index (κ2) is 9.62. The van der Waals surface area contributed by atoms with E-state index in [0.717, 1.165) is 32.1 Å². The number of alkyl halides is 3. The smallest absolute Gasteiger partial charge is 0.157 e. The molecule has 4 heteroatoms. The molecule has 0 heterocycles. The lowest BCUT2D eigenvalue weighted by Crippen LogP contribution is -2.46. The number of hydrogen-bond acceptors (Lipinski definition) is 1. The third-order valence-electron chi connectivity index (χ3n) is 6.87. The minimum absolute atomic E-state index is 0.0140. The molecule has 2 fully saturated rings. The fraction of sp³-hybridized carbons (Fsp3) is 1.00. The number of halogens is 3. The van der Waals surface area contributed by atoms with Crippen LogP contribution in [0.2, 0.25) is 0 Å². The molecule has 2 aliphatic carbocycles. The van der Waals surface area contributed by atoms with Gasteiger partial charge in [-0.1, -0.05) is 33.6 Å². The van der Waals surface area contributed by atoms with Crippen molar-refractivity contribution in [2.24, 2.45) is 29.6 Å². The van der Waals surface area contributed by atoms with Crippen molar-refractivity contribution in [3.05, 3.63) is 0 Å². The topological polar surface area (TPSA) is 9.23 Å². The molecule has 0 radical (unpaired) electrons. The molecule has 2 saturated carbocycles. The molecule has 8 unspecified atom stereocenters. The summed E-state index contributed by atoms with van der Waals surface area (Å²) in [5.41, 5.74) is 0. The van der Waals surface area contributed by atoms with Gasteiger partial charge in [0.2, 0.25) is 0 Å². The predicted octanol–water partition coefficient (Wildman–Crippen LogP) is 6.30. The summed E-state index contributed by atoms with van der Waals surface area (Å²) in [6, 6.07) is 0. The van der Waals surface area contributed by atoms with E-state index in [-0.39, 0.29) is 17.8 Å². The van der Waals surface area contributed by atoms with Gasteiger partial charge in [-0.3, -0.25) is 0 Å². The van der Waals surface area contributed by atoms with Crippen LogP contribution in [0.15, 0.2) is 0 Å². The zero-order valence-corrected chi connectivity index (χ0v) is 16.4. The van der Waals surface area contributed by atoms with Crippen molar-refractivity contribution < 1.29 is 17.9 Å². The molecular formula is C21H37F3O. The first kappa shape index (κ1) is 21.1.